The monoisotopic (exact) mass is 1030 g/mol. The summed E-state index contributed by atoms with van der Waals surface area (Å²) in [5.74, 6) is -0.0474. The maximum Gasteiger partial charge on any atom is 0.305 e. The Bertz CT molecular complexity index is 1140. The highest BCUT2D eigenvalue weighted by atomic mass is 16.5. The van der Waals surface area contributed by atoms with Crippen LogP contribution in [0.5, 0.6) is 0 Å². The van der Waals surface area contributed by atoms with Crippen molar-refractivity contribution >= 4 is 11.9 Å². The number of carbonyl (C=O) groups is 2. The third-order valence-corrected chi connectivity index (χ3v) is 15.5. The quantitative estimate of drug-likeness (QED) is 0.0320. The van der Waals surface area contributed by atoms with Crippen LogP contribution in [0.4, 0.5) is 0 Å². The normalized spacial score (nSPS) is 12.7. The summed E-state index contributed by atoms with van der Waals surface area (Å²) < 4.78 is 5.48. The molecular formula is C67H129NO5. The molecule has 0 saturated carbocycles. The molecule has 0 aliphatic heterocycles. The number of nitrogens with one attached hydrogen (secondary N) is 1. The first-order valence-corrected chi connectivity index (χ1v) is 33.1. The third kappa shape index (κ3) is 59.4. The van der Waals surface area contributed by atoms with Gasteiger partial charge in [-0.3, -0.25) is 9.59 Å². The average Bonchev–Trinajstić information content (AvgIpc) is 3.39. The summed E-state index contributed by atoms with van der Waals surface area (Å²) in [6.45, 7) is 4.93. The zero-order valence-corrected chi connectivity index (χ0v) is 49.4. The summed E-state index contributed by atoms with van der Waals surface area (Å²) in [5.41, 5.74) is 0. The smallest absolute Gasteiger partial charge is 0.305 e. The highest BCUT2D eigenvalue weighted by molar-refractivity contribution is 5.76. The molecule has 0 heterocycles. The molecular weight excluding hydrogens is 899 g/mol. The van der Waals surface area contributed by atoms with Gasteiger partial charge in [-0.2, -0.15) is 0 Å². The number of unbranched alkanes of at least 4 members (excludes halogenated alkanes) is 49. The van der Waals surface area contributed by atoms with Gasteiger partial charge in [0, 0.05) is 12.8 Å². The van der Waals surface area contributed by atoms with Crippen molar-refractivity contribution in [2.45, 2.75) is 379 Å². The Labute approximate surface area is 456 Å². The number of amides is 1. The zero-order valence-electron chi connectivity index (χ0n) is 49.4. The van der Waals surface area contributed by atoms with Gasteiger partial charge in [0.25, 0.3) is 0 Å². The Morgan fingerprint density at radius 3 is 0.973 bits per heavy atom. The fourth-order valence-corrected chi connectivity index (χ4v) is 10.4. The Morgan fingerprint density at radius 1 is 0.370 bits per heavy atom. The summed E-state index contributed by atoms with van der Waals surface area (Å²) in [4.78, 5) is 24.5. The van der Waals surface area contributed by atoms with E-state index in [2.05, 4.69) is 31.3 Å². The van der Waals surface area contributed by atoms with E-state index in [0.717, 1.165) is 38.5 Å². The first-order valence-electron chi connectivity index (χ1n) is 33.1. The number of allylic oxidation sites excluding steroid dienone is 3. The van der Waals surface area contributed by atoms with E-state index in [1.54, 1.807) is 6.08 Å². The van der Waals surface area contributed by atoms with Gasteiger partial charge >= 0.3 is 5.97 Å². The number of hydrogen-bond donors (Lipinski definition) is 3. The van der Waals surface area contributed by atoms with Crippen LogP contribution in [0.2, 0.25) is 0 Å². The van der Waals surface area contributed by atoms with Gasteiger partial charge in [-0.1, -0.05) is 321 Å². The number of esters is 1. The number of aliphatic hydroxyl groups is 2. The summed E-state index contributed by atoms with van der Waals surface area (Å²) in [5, 5.41) is 23.1. The molecule has 3 N–H and O–H groups in total. The summed E-state index contributed by atoms with van der Waals surface area (Å²) in [6, 6.07) is -0.626. The molecule has 0 aromatic rings. The Kier molecular flexibility index (Phi) is 61.4. The molecule has 6 nitrogen and oxygen atoms in total. The molecule has 0 radical (unpaired) electrons. The fraction of sp³-hybridized carbons (Fsp3) is 0.910. The second-order valence-electron chi connectivity index (χ2n) is 22.8. The van der Waals surface area contributed by atoms with Crippen LogP contribution >= 0.6 is 0 Å². The largest absolute Gasteiger partial charge is 0.466 e. The van der Waals surface area contributed by atoms with Crippen molar-refractivity contribution < 1.29 is 24.5 Å². The number of hydrogen-bond acceptors (Lipinski definition) is 5. The third-order valence-electron chi connectivity index (χ3n) is 15.5. The molecule has 0 bridgehead atoms. The SMILES string of the molecule is CCCCCCCCCCCCCC/C=C/C(O)C(CO)NC(=O)CCCCCCCCCCCCCCC/C=C\CCCCCCCCCCCCCCOC(=O)CCCCCCCCCCCCCCC. The number of ether oxygens (including phenoxy) is 1. The predicted molar refractivity (Wildman–Crippen MR) is 320 cm³/mol. The molecule has 0 aliphatic carbocycles. The van der Waals surface area contributed by atoms with Crippen molar-refractivity contribution in [3.05, 3.63) is 24.3 Å². The van der Waals surface area contributed by atoms with Crippen molar-refractivity contribution in [1.29, 1.82) is 0 Å². The summed E-state index contributed by atoms with van der Waals surface area (Å²) in [6.07, 6.45) is 78.1. The molecule has 432 valence electrons. The van der Waals surface area contributed by atoms with Gasteiger partial charge in [0.15, 0.2) is 0 Å². The van der Waals surface area contributed by atoms with Gasteiger partial charge in [0.2, 0.25) is 5.91 Å². The van der Waals surface area contributed by atoms with E-state index in [4.69, 9.17) is 4.74 Å². The first kappa shape index (κ1) is 71.3. The Hall–Kier alpha value is -1.66. The number of carbonyl (C=O) groups excluding carboxylic acids is 2. The van der Waals surface area contributed by atoms with Crippen molar-refractivity contribution in [1.82, 2.24) is 5.32 Å². The molecule has 0 spiro atoms. The van der Waals surface area contributed by atoms with Crippen LogP contribution in [0.1, 0.15) is 367 Å². The Morgan fingerprint density at radius 2 is 0.644 bits per heavy atom. The van der Waals surface area contributed by atoms with E-state index in [1.807, 2.05) is 6.08 Å². The molecule has 0 aliphatic rings. The van der Waals surface area contributed by atoms with Gasteiger partial charge in [-0.05, 0) is 57.8 Å². The fourth-order valence-electron chi connectivity index (χ4n) is 10.4. The first-order chi connectivity index (χ1) is 36.0. The van der Waals surface area contributed by atoms with Crippen LogP contribution in [-0.2, 0) is 14.3 Å². The highest BCUT2D eigenvalue weighted by Gasteiger charge is 2.18. The van der Waals surface area contributed by atoms with Crippen molar-refractivity contribution in [2.75, 3.05) is 13.2 Å². The second kappa shape index (κ2) is 62.9. The van der Waals surface area contributed by atoms with Gasteiger partial charge in [0.1, 0.15) is 0 Å². The summed E-state index contributed by atoms with van der Waals surface area (Å²) in [7, 11) is 0. The van der Waals surface area contributed by atoms with Crippen LogP contribution in [0.15, 0.2) is 24.3 Å². The van der Waals surface area contributed by atoms with E-state index in [0.29, 0.717) is 19.4 Å². The van der Waals surface area contributed by atoms with Crippen molar-refractivity contribution in [3.8, 4) is 0 Å². The van der Waals surface area contributed by atoms with Gasteiger partial charge in [0.05, 0.1) is 25.4 Å². The predicted octanol–water partition coefficient (Wildman–Crippen LogP) is 21.0. The Balaban J connectivity index is 3.37. The minimum absolute atomic E-state index is 0.0181. The standard InChI is InChI=1S/C67H129NO5/c1-3-5-7-9-11-13-15-17-36-39-43-47-51-55-59-65(70)64(63-69)68-66(71)60-56-52-48-44-40-37-33-31-29-27-25-23-21-19-18-20-22-24-26-28-30-32-34-38-42-46-50-54-58-62-73-67(72)61-57-53-49-45-41-35-16-14-12-10-8-6-4-2/h18,20,55,59,64-65,69-70H,3-17,19,21-54,56-58,60-63H2,1-2H3,(H,68,71)/b20-18-,59-55+. The highest BCUT2D eigenvalue weighted by Crippen LogP contribution is 2.18. The van der Waals surface area contributed by atoms with Crippen LogP contribution in [-0.4, -0.2) is 47.4 Å². The maximum absolute atomic E-state index is 12.5. The lowest BCUT2D eigenvalue weighted by Gasteiger charge is -2.20. The lowest BCUT2D eigenvalue weighted by molar-refractivity contribution is -0.143. The van der Waals surface area contributed by atoms with Crippen LogP contribution in [0.25, 0.3) is 0 Å². The molecule has 6 heteroatoms. The minimum atomic E-state index is -0.843. The van der Waals surface area contributed by atoms with E-state index < -0.39 is 12.1 Å². The molecule has 2 atom stereocenters. The van der Waals surface area contributed by atoms with Gasteiger partial charge in [-0.25, -0.2) is 0 Å². The average molecular weight is 1030 g/mol. The van der Waals surface area contributed by atoms with Gasteiger partial charge in [-0.15, -0.1) is 0 Å². The van der Waals surface area contributed by atoms with Crippen LogP contribution < -0.4 is 5.32 Å². The molecule has 0 rings (SSSR count). The van der Waals surface area contributed by atoms with Crippen LogP contribution in [0, 0.1) is 0 Å². The van der Waals surface area contributed by atoms with Gasteiger partial charge < -0.3 is 20.3 Å². The van der Waals surface area contributed by atoms with E-state index in [9.17, 15) is 19.8 Å². The second-order valence-corrected chi connectivity index (χ2v) is 22.8. The molecule has 0 saturated heterocycles. The van der Waals surface area contributed by atoms with E-state index in [1.165, 1.54) is 302 Å². The molecule has 2 unspecified atom stereocenters. The van der Waals surface area contributed by atoms with Crippen molar-refractivity contribution in [2.24, 2.45) is 0 Å². The zero-order chi connectivity index (χ0) is 52.9. The minimum Gasteiger partial charge on any atom is -0.466 e. The summed E-state index contributed by atoms with van der Waals surface area (Å²) >= 11 is 0. The topological polar surface area (TPSA) is 95.9 Å². The lowest BCUT2D eigenvalue weighted by Crippen LogP contribution is -2.45. The molecule has 0 fully saturated rings. The number of rotatable bonds is 62. The molecule has 0 aromatic carbocycles. The van der Waals surface area contributed by atoms with E-state index >= 15 is 0 Å². The van der Waals surface area contributed by atoms with E-state index in [-0.39, 0.29) is 18.5 Å². The molecule has 0 aromatic heterocycles. The molecule has 1 amide bonds. The van der Waals surface area contributed by atoms with Crippen molar-refractivity contribution in [3.63, 3.8) is 0 Å². The number of aliphatic hydroxyl groups excluding tert-OH is 2. The lowest BCUT2D eigenvalue weighted by atomic mass is 10.0. The van der Waals surface area contributed by atoms with Crippen LogP contribution in [0.3, 0.4) is 0 Å². The molecule has 73 heavy (non-hydrogen) atoms. The maximum atomic E-state index is 12.5.